The van der Waals surface area contributed by atoms with Gasteiger partial charge in [0.25, 0.3) is 12.3 Å². The molecule has 0 aromatic carbocycles. The quantitative estimate of drug-likeness (QED) is 0.879. The van der Waals surface area contributed by atoms with Gasteiger partial charge in [0.15, 0.2) is 6.61 Å². The van der Waals surface area contributed by atoms with Gasteiger partial charge in [0.2, 0.25) is 5.88 Å². The predicted molar refractivity (Wildman–Crippen MR) is 64.5 cm³/mol. The molecule has 2 rings (SSSR count). The molecule has 0 bridgehead atoms. The zero-order valence-corrected chi connectivity index (χ0v) is 10.3. The van der Waals surface area contributed by atoms with Crippen LogP contribution in [0.5, 0.6) is 5.88 Å². The Balaban J connectivity index is 1.95. The molecule has 2 heterocycles. The lowest BCUT2D eigenvalue weighted by atomic mass is 10.2. The molecule has 1 N–H and O–H groups in total. The third-order valence-electron chi connectivity index (χ3n) is 2.74. The molecular weight excluding hydrogens is 256 g/mol. The maximum absolute atomic E-state index is 12.1. The van der Waals surface area contributed by atoms with Gasteiger partial charge in [-0.2, -0.15) is 0 Å². The number of ether oxygens (including phenoxy) is 1. The number of pyridine rings is 1. The Hall–Kier alpha value is -1.76. The number of piperazine rings is 1. The second-order valence-electron chi connectivity index (χ2n) is 4.13. The topological polar surface area (TPSA) is 54.5 Å². The summed E-state index contributed by atoms with van der Waals surface area (Å²) in [5.41, 5.74) is 0.436. The number of hydrogen-bond acceptors (Lipinski definition) is 4. The summed E-state index contributed by atoms with van der Waals surface area (Å²) in [5, 5.41) is 3.16. The van der Waals surface area contributed by atoms with Gasteiger partial charge >= 0.3 is 0 Å². The number of aromatic nitrogens is 1. The second kappa shape index (κ2) is 6.42. The van der Waals surface area contributed by atoms with E-state index in [0.717, 1.165) is 13.1 Å². The van der Waals surface area contributed by atoms with Gasteiger partial charge in [0, 0.05) is 38.4 Å². The molecule has 7 heteroatoms. The third-order valence-corrected chi connectivity index (χ3v) is 2.74. The number of nitrogens with one attached hydrogen (secondary N) is 1. The van der Waals surface area contributed by atoms with E-state index in [9.17, 15) is 13.6 Å². The van der Waals surface area contributed by atoms with Crippen LogP contribution in [0.2, 0.25) is 0 Å². The summed E-state index contributed by atoms with van der Waals surface area (Å²) in [6.45, 7) is 2.16. The molecule has 1 fully saturated rings. The van der Waals surface area contributed by atoms with E-state index in [4.69, 9.17) is 4.74 Å². The summed E-state index contributed by atoms with van der Waals surface area (Å²) in [5.74, 6) is -0.00781. The molecule has 0 unspecified atom stereocenters. The molecule has 19 heavy (non-hydrogen) atoms. The smallest absolute Gasteiger partial charge is 0.272 e. The molecule has 1 aromatic rings. The number of halogens is 2. The maximum atomic E-state index is 12.1. The summed E-state index contributed by atoms with van der Waals surface area (Å²) in [6.07, 6.45) is -1.19. The lowest BCUT2D eigenvalue weighted by Gasteiger charge is -2.27. The van der Waals surface area contributed by atoms with Crippen LogP contribution in [0.25, 0.3) is 0 Å². The number of hydrogen-bond donors (Lipinski definition) is 1. The first kappa shape index (κ1) is 13.7. The van der Waals surface area contributed by atoms with Crippen molar-refractivity contribution in [1.82, 2.24) is 15.2 Å². The minimum absolute atomic E-state index is 0.0946. The van der Waals surface area contributed by atoms with E-state index in [1.165, 1.54) is 18.3 Å². The van der Waals surface area contributed by atoms with E-state index < -0.39 is 13.0 Å². The van der Waals surface area contributed by atoms with Crippen LogP contribution in [0.15, 0.2) is 18.3 Å². The van der Waals surface area contributed by atoms with Gasteiger partial charge in [-0.25, -0.2) is 13.8 Å². The van der Waals surface area contributed by atoms with Crippen molar-refractivity contribution in [2.45, 2.75) is 6.43 Å². The Bertz CT molecular complexity index is 419. The number of rotatable bonds is 4. The van der Waals surface area contributed by atoms with Gasteiger partial charge in [0.05, 0.1) is 5.56 Å². The van der Waals surface area contributed by atoms with Crippen LogP contribution < -0.4 is 10.1 Å². The molecule has 0 radical (unpaired) electrons. The molecular formula is C12H15F2N3O2. The first-order valence-electron chi connectivity index (χ1n) is 6.04. The van der Waals surface area contributed by atoms with Crippen LogP contribution in [0.3, 0.4) is 0 Å². The van der Waals surface area contributed by atoms with E-state index in [0.29, 0.717) is 18.7 Å². The fourth-order valence-electron chi connectivity index (χ4n) is 1.79. The molecule has 1 amide bonds. The van der Waals surface area contributed by atoms with Gasteiger partial charge in [-0.1, -0.05) is 0 Å². The maximum Gasteiger partial charge on any atom is 0.272 e. The first-order valence-corrected chi connectivity index (χ1v) is 6.04. The first-order chi connectivity index (χ1) is 9.16. The molecule has 0 spiro atoms. The van der Waals surface area contributed by atoms with E-state index in [2.05, 4.69) is 10.3 Å². The van der Waals surface area contributed by atoms with Crippen molar-refractivity contribution in [3.05, 3.63) is 23.9 Å². The highest BCUT2D eigenvalue weighted by atomic mass is 19.3. The Morgan fingerprint density at radius 2 is 2.16 bits per heavy atom. The number of carbonyl (C=O) groups excluding carboxylic acids is 1. The largest absolute Gasteiger partial charge is 0.472 e. The monoisotopic (exact) mass is 271 g/mol. The average molecular weight is 271 g/mol. The zero-order valence-electron chi connectivity index (χ0n) is 10.3. The molecule has 0 saturated carbocycles. The van der Waals surface area contributed by atoms with Crippen LogP contribution in [0, 0.1) is 0 Å². The van der Waals surface area contributed by atoms with Gasteiger partial charge in [-0.15, -0.1) is 0 Å². The molecule has 5 nitrogen and oxygen atoms in total. The van der Waals surface area contributed by atoms with Crippen molar-refractivity contribution in [3.63, 3.8) is 0 Å². The standard InChI is InChI=1S/C12H15F2N3O2/c13-10(14)8-19-11-2-1-9(7-16-11)12(18)17-5-3-15-4-6-17/h1-2,7,10,15H,3-6,8H2. The Morgan fingerprint density at radius 1 is 1.42 bits per heavy atom. The normalized spacial score (nSPS) is 15.6. The van der Waals surface area contributed by atoms with Crippen molar-refractivity contribution in [2.75, 3.05) is 32.8 Å². The zero-order chi connectivity index (χ0) is 13.7. The fourth-order valence-corrected chi connectivity index (χ4v) is 1.79. The van der Waals surface area contributed by atoms with Crippen LogP contribution in [-0.4, -0.2) is 55.0 Å². The lowest BCUT2D eigenvalue weighted by Crippen LogP contribution is -2.46. The molecule has 1 aliphatic heterocycles. The van der Waals surface area contributed by atoms with E-state index in [-0.39, 0.29) is 11.8 Å². The number of alkyl halides is 2. The Morgan fingerprint density at radius 3 is 2.74 bits per heavy atom. The summed E-state index contributed by atoms with van der Waals surface area (Å²) >= 11 is 0. The van der Waals surface area contributed by atoms with Gasteiger partial charge in [-0.3, -0.25) is 4.79 Å². The van der Waals surface area contributed by atoms with E-state index in [1.54, 1.807) is 4.90 Å². The van der Waals surface area contributed by atoms with Crippen LogP contribution >= 0.6 is 0 Å². The minimum Gasteiger partial charge on any atom is -0.472 e. The van der Waals surface area contributed by atoms with Crippen molar-refractivity contribution < 1.29 is 18.3 Å². The third kappa shape index (κ3) is 3.85. The van der Waals surface area contributed by atoms with E-state index in [1.807, 2.05) is 0 Å². The highest BCUT2D eigenvalue weighted by molar-refractivity contribution is 5.94. The SMILES string of the molecule is O=C(c1ccc(OCC(F)F)nc1)N1CCNCC1. The van der Waals surface area contributed by atoms with Crippen molar-refractivity contribution >= 4 is 5.91 Å². The van der Waals surface area contributed by atoms with Gasteiger partial charge in [0.1, 0.15) is 0 Å². The van der Waals surface area contributed by atoms with Gasteiger partial charge < -0.3 is 15.0 Å². The Kier molecular flexibility index (Phi) is 4.62. The number of amides is 1. The van der Waals surface area contributed by atoms with E-state index >= 15 is 0 Å². The predicted octanol–water partition coefficient (Wildman–Crippen LogP) is 0.771. The summed E-state index contributed by atoms with van der Waals surface area (Å²) in [4.78, 5) is 17.7. The van der Waals surface area contributed by atoms with Crippen LogP contribution in [0.4, 0.5) is 8.78 Å². The molecule has 1 aliphatic rings. The van der Waals surface area contributed by atoms with Crippen molar-refractivity contribution in [2.24, 2.45) is 0 Å². The minimum atomic E-state index is -2.54. The number of nitrogens with zero attached hydrogens (tertiary/aromatic N) is 2. The number of carbonyl (C=O) groups is 1. The van der Waals surface area contributed by atoms with Crippen LogP contribution in [-0.2, 0) is 0 Å². The van der Waals surface area contributed by atoms with Crippen molar-refractivity contribution in [1.29, 1.82) is 0 Å². The van der Waals surface area contributed by atoms with Gasteiger partial charge in [-0.05, 0) is 6.07 Å². The molecule has 104 valence electrons. The summed E-state index contributed by atoms with van der Waals surface area (Å²) in [6, 6.07) is 2.97. The lowest BCUT2D eigenvalue weighted by molar-refractivity contribution is 0.0731. The fraction of sp³-hybridized carbons (Fsp3) is 0.500. The molecule has 1 saturated heterocycles. The highest BCUT2D eigenvalue weighted by Gasteiger charge is 2.18. The summed E-state index contributed by atoms with van der Waals surface area (Å²) < 4.78 is 28.7. The Labute approximate surface area is 109 Å². The van der Waals surface area contributed by atoms with Crippen molar-refractivity contribution in [3.8, 4) is 5.88 Å². The molecule has 0 aliphatic carbocycles. The summed E-state index contributed by atoms with van der Waals surface area (Å²) in [7, 11) is 0. The average Bonchev–Trinajstić information content (AvgIpc) is 2.46. The second-order valence-corrected chi connectivity index (χ2v) is 4.13. The highest BCUT2D eigenvalue weighted by Crippen LogP contribution is 2.11. The van der Waals surface area contributed by atoms with Crippen LogP contribution in [0.1, 0.15) is 10.4 Å². The molecule has 0 atom stereocenters. The molecule has 1 aromatic heterocycles.